The van der Waals surface area contributed by atoms with Gasteiger partial charge in [-0.2, -0.15) is 0 Å². The molecule has 1 N–H and O–H groups in total. The fourth-order valence-electron chi connectivity index (χ4n) is 7.90. The summed E-state index contributed by atoms with van der Waals surface area (Å²) in [5.41, 5.74) is -0.482. The van der Waals surface area contributed by atoms with E-state index in [9.17, 15) is 14.7 Å². The lowest BCUT2D eigenvalue weighted by Crippen LogP contribution is -2.64. The molecule has 0 amide bonds. The van der Waals surface area contributed by atoms with E-state index in [-0.39, 0.29) is 46.8 Å². The lowest BCUT2D eigenvalue weighted by atomic mass is 9.39. The van der Waals surface area contributed by atoms with Gasteiger partial charge in [0.2, 0.25) is 0 Å². The minimum absolute atomic E-state index is 0.0174. The normalized spacial score (nSPS) is 47.1. The molecule has 0 saturated heterocycles. The minimum atomic E-state index is -0.558. The summed E-state index contributed by atoms with van der Waals surface area (Å²) in [4.78, 5) is 23.4. The maximum absolute atomic E-state index is 11.9. The summed E-state index contributed by atoms with van der Waals surface area (Å²) in [6, 6.07) is 0. The standard InChI is InChI=1S/C24H36O5/c1-15(25)28-14-24-11-10-23(13-24)9-6-17-21(3,4)8-7-20(29-16(2)26)22(17,5)18(23)12-19(24)27/h10-11,17-20,27H,6-9,12-14H2,1-5H3/t17-,18+,19-,20+,22-,23+,24-/m1/s1. The first-order valence-electron chi connectivity index (χ1n) is 11.1. The van der Waals surface area contributed by atoms with Gasteiger partial charge in [-0.25, -0.2) is 0 Å². The molecule has 0 aromatic rings. The highest BCUT2D eigenvalue weighted by Gasteiger charge is 2.68. The largest absolute Gasteiger partial charge is 0.465 e. The number of carbonyl (C=O) groups is 2. The maximum Gasteiger partial charge on any atom is 0.302 e. The molecule has 4 aliphatic carbocycles. The molecule has 0 unspecified atom stereocenters. The van der Waals surface area contributed by atoms with E-state index in [2.05, 4.69) is 32.9 Å². The zero-order chi connectivity index (χ0) is 21.2. The second-order valence-electron chi connectivity index (χ2n) is 11.1. The lowest BCUT2D eigenvalue weighted by molar-refractivity contribution is -0.224. The number of aliphatic hydroxyl groups excluding tert-OH is 1. The molecule has 1 spiro atoms. The number of hydrogen-bond donors (Lipinski definition) is 1. The molecule has 5 heteroatoms. The maximum atomic E-state index is 11.9. The molecule has 3 fully saturated rings. The Kier molecular flexibility index (Phi) is 4.73. The van der Waals surface area contributed by atoms with Crippen molar-refractivity contribution in [1.82, 2.24) is 0 Å². The molecular weight excluding hydrogens is 368 g/mol. The van der Waals surface area contributed by atoms with E-state index < -0.39 is 11.5 Å². The summed E-state index contributed by atoms with van der Waals surface area (Å²) in [6.45, 7) is 10.2. The Bertz CT molecular complexity index is 742. The number of esters is 2. The van der Waals surface area contributed by atoms with Crippen LogP contribution in [0.25, 0.3) is 0 Å². The van der Waals surface area contributed by atoms with Crippen molar-refractivity contribution in [2.24, 2.45) is 33.5 Å². The highest BCUT2D eigenvalue weighted by molar-refractivity contribution is 5.66. The Morgan fingerprint density at radius 1 is 1.03 bits per heavy atom. The zero-order valence-electron chi connectivity index (χ0n) is 18.5. The molecule has 0 heterocycles. The van der Waals surface area contributed by atoms with Gasteiger partial charge in [0, 0.05) is 24.7 Å². The smallest absolute Gasteiger partial charge is 0.302 e. The Labute approximate surface area is 174 Å². The number of fused-ring (bicyclic) bond motifs is 3. The SMILES string of the molecule is CC(=O)OC[C@]12C=C[C@@]3(CC[C@@H]4C(C)(C)CC[C@H](OC(C)=O)[C@@]4(C)[C@@H]3C[C@H]1O)C2. The first kappa shape index (κ1) is 20.9. The fraction of sp³-hybridized carbons (Fsp3) is 0.833. The van der Waals surface area contributed by atoms with Crippen LogP contribution in [0.4, 0.5) is 0 Å². The second kappa shape index (κ2) is 6.57. The van der Waals surface area contributed by atoms with Crippen LogP contribution in [0.1, 0.15) is 73.1 Å². The number of carbonyl (C=O) groups excluding carboxylic acids is 2. The van der Waals surface area contributed by atoms with Gasteiger partial charge >= 0.3 is 11.9 Å². The van der Waals surface area contributed by atoms with Crippen molar-refractivity contribution >= 4 is 11.9 Å². The van der Waals surface area contributed by atoms with Crippen LogP contribution in [0.15, 0.2) is 12.2 Å². The zero-order valence-corrected chi connectivity index (χ0v) is 18.5. The minimum Gasteiger partial charge on any atom is -0.465 e. The Morgan fingerprint density at radius 2 is 1.76 bits per heavy atom. The molecule has 3 saturated carbocycles. The van der Waals surface area contributed by atoms with Crippen LogP contribution in [0.3, 0.4) is 0 Å². The van der Waals surface area contributed by atoms with Gasteiger partial charge in [0.1, 0.15) is 12.7 Å². The molecule has 4 rings (SSSR count). The van der Waals surface area contributed by atoms with E-state index in [1.54, 1.807) is 0 Å². The summed E-state index contributed by atoms with van der Waals surface area (Å²) in [7, 11) is 0. The third-order valence-electron chi connectivity index (χ3n) is 9.16. The molecule has 0 aromatic carbocycles. The van der Waals surface area contributed by atoms with Crippen molar-refractivity contribution in [2.45, 2.75) is 85.4 Å². The predicted octanol–water partition coefficient (Wildman–Crippen LogP) is 4.03. The summed E-state index contributed by atoms with van der Waals surface area (Å²) in [5.74, 6) is 0.183. The van der Waals surface area contributed by atoms with Crippen molar-refractivity contribution in [2.75, 3.05) is 6.61 Å². The molecule has 7 atom stereocenters. The first-order chi connectivity index (χ1) is 13.5. The lowest BCUT2D eigenvalue weighted by Gasteiger charge is -2.66. The van der Waals surface area contributed by atoms with E-state index in [0.717, 1.165) is 32.1 Å². The Hall–Kier alpha value is -1.36. The summed E-state index contributed by atoms with van der Waals surface area (Å²) < 4.78 is 11.3. The highest BCUT2D eigenvalue weighted by Crippen LogP contribution is 2.72. The van der Waals surface area contributed by atoms with Gasteiger partial charge in [-0.05, 0) is 61.2 Å². The van der Waals surface area contributed by atoms with E-state index >= 15 is 0 Å². The van der Waals surface area contributed by atoms with Gasteiger partial charge < -0.3 is 14.6 Å². The van der Waals surface area contributed by atoms with Crippen LogP contribution in [-0.4, -0.2) is 35.9 Å². The van der Waals surface area contributed by atoms with Crippen LogP contribution < -0.4 is 0 Å². The second-order valence-corrected chi connectivity index (χ2v) is 11.1. The van der Waals surface area contributed by atoms with Crippen LogP contribution in [0.2, 0.25) is 0 Å². The number of ether oxygens (including phenoxy) is 2. The molecule has 0 aliphatic heterocycles. The van der Waals surface area contributed by atoms with Crippen molar-refractivity contribution in [3.05, 3.63) is 12.2 Å². The van der Waals surface area contributed by atoms with Gasteiger partial charge in [-0.15, -0.1) is 0 Å². The molecule has 0 radical (unpaired) electrons. The van der Waals surface area contributed by atoms with Crippen LogP contribution in [0.5, 0.6) is 0 Å². The number of hydrogen-bond acceptors (Lipinski definition) is 5. The van der Waals surface area contributed by atoms with Crippen LogP contribution >= 0.6 is 0 Å². The van der Waals surface area contributed by atoms with E-state index in [4.69, 9.17) is 9.47 Å². The monoisotopic (exact) mass is 404 g/mol. The van der Waals surface area contributed by atoms with E-state index in [1.165, 1.54) is 13.8 Å². The van der Waals surface area contributed by atoms with E-state index in [0.29, 0.717) is 12.3 Å². The first-order valence-corrected chi connectivity index (χ1v) is 11.1. The van der Waals surface area contributed by atoms with Crippen LogP contribution in [-0.2, 0) is 19.1 Å². The summed E-state index contributed by atoms with van der Waals surface area (Å²) in [6.07, 6.45) is 9.36. The number of allylic oxidation sites excluding steroid dienone is 1. The molecule has 5 nitrogen and oxygen atoms in total. The van der Waals surface area contributed by atoms with Gasteiger partial charge in [0.25, 0.3) is 0 Å². The Morgan fingerprint density at radius 3 is 2.41 bits per heavy atom. The predicted molar refractivity (Wildman–Crippen MR) is 109 cm³/mol. The quantitative estimate of drug-likeness (QED) is 0.568. The third kappa shape index (κ3) is 2.98. The average Bonchev–Trinajstić information content (AvgIpc) is 2.94. The number of aliphatic hydroxyl groups is 1. The fourth-order valence-corrected chi connectivity index (χ4v) is 7.90. The highest BCUT2D eigenvalue weighted by atomic mass is 16.5. The van der Waals surface area contributed by atoms with Gasteiger partial charge in [0.05, 0.1) is 6.10 Å². The van der Waals surface area contributed by atoms with Gasteiger partial charge in [-0.1, -0.05) is 32.9 Å². The molecule has 0 aromatic heterocycles. The molecule has 4 aliphatic rings. The summed E-state index contributed by atoms with van der Waals surface area (Å²) >= 11 is 0. The van der Waals surface area contributed by atoms with Gasteiger partial charge in [0.15, 0.2) is 0 Å². The molecule has 29 heavy (non-hydrogen) atoms. The van der Waals surface area contributed by atoms with Crippen molar-refractivity contribution in [3.8, 4) is 0 Å². The molecule has 162 valence electrons. The molecular formula is C24H36O5. The van der Waals surface area contributed by atoms with Crippen molar-refractivity contribution in [1.29, 1.82) is 0 Å². The van der Waals surface area contributed by atoms with Gasteiger partial charge in [-0.3, -0.25) is 9.59 Å². The van der Waals surface area contributed by atoms with E-state index in [1.807, 2.05) is 0 Å². The Balaban J connectivity index is 1.72. The average molecular weight is 405 g/mol. The molecule has 2 bridgehead atoms. The number of rotatable bonds is 3. The van der Waals surface area contributed by atoms with Crippen molar-refractivity contribution < 1.29 is 24.2 Å². The van der Waals surface area contributed by atoms with Crippen LogP contribution in [0, 0.1) is 33.5 Å². The third-order valence-corrected chi connectivity index (χ3v) is 9.16. The topological polar surface area (TPSA) is 72.8 Å². The summed E-state index contributed by atoms with van der Waals surface area (Å²) in [5, 5.41) is 11.2. The van der Waals surface area contributed by atoms with Crippen molar-refractivity contribution in [3.63, 3.8) is 0 Å².